The first-order valence-corrected chi connectivity index (χ1v) is 6.45. The number of aromatic nitrogens is 4. The minimum absolute atomic E-state index is 0.160. The lowest BCUT2D eigenvalue weighted by Gasteiger charge is -2.10. The van der Waals surface area contributed by atoms with Crippen molar-refractivity contribution in [2.75, 3.05) is 11.9 Å². The Labute approximate surface area is 120 Å². The van der Waals surface area contributed by atoms with Gasteiger partial charge >= 0.3 is 5.97 Å². The van der Waals surface area contributed by atoms with E-state index in [9.17, 15) is 9.90 Å². The fraction of sp³-hybridized carbons (Fsp3) is 0.143. The molecule has 0 aliphatic rings. The number of pyridine rings is 1. The smallest absolute Gasteiger partial charge is 0.339 e. The highest BCUT2D eigenvalue weighted by atomic mass is 16.4. The topological polar surface area (TPSA) is 92.9 Å². The van der Waals surface area contributed by atoms with Gasteiger partial charge in [-0.15, -0.1) is 5.10 Å². The SMILES string of the molecule is O=C(O)c1cc2ccccc2nc1NCCn1ccnn1. The van der Waals surface area contributed by atoms with Crippen LogP contribution in [0.4, 0.5) is 5.82 Å². The third-order valence-electron chi connectivity index (χ3n) is 3.06. The van der Waals surface area contributed by atoms with Gasteiger partial charge in [-0.3, -0.25) is 4.68 Å². The molecule has 0 aliphatic heterocycles. The van der Waals surface area contributed by atoms with Gasteiger partial charge in [-0.2, -0.15) is 0 Å². The van der Waals surface area contributed by atoms with Crippen LogP contribution < -0.4 is 5.32 Å². The average Bonchev–Trinajstić information content (AvgIpc) is 2.99. The Bertz CT molecular complexity index is 770. The summed E-state index contributed by atoms with van der Waals surface area (Å²) < 4.78 is 1.66. The normalized spacial score (nSPS) is 10.7. The van der Waals surface area contributed by atoms with Crippen LogP contribution in [0.1, 0.15) is 10.4 Å². The largest absolute Gasteiger partial charge is 0.478 e. The molecule has 0 amide bonds. The highest BCUT2D eigenvalue weighted by Gasteiger charge is 2.12. The molecule has 106 valence electrons. The molecule has 2 heterocycles. The maximum absolute atomic E-state index is 11.3. The second-order valence-corrected chi connectivity index (χ2v) is 4.48. The summed E-state index contributed by atoms with van der Waals surface area (Å²) in [7, 11) is 0. The fourth-order valence-corrected chi connectivity index (χ4v) is 2.05. The number of carboxylic acid groups (broad SMARTS) is 1. The monoisotopic (exact) mass is 283 g/mol. The number of anilines is 1. The van der Waals surface area contributed by atoms with E-state index in [2.05, 4.69) is 20.6 Å². The van der Waals surface area contributed by atoms with Gasteiger partial charge < -0.3 is 10.4 Å². The van der Waals surface area contributed by atoms with Gasteiger partial charge in [0.25, 0.3) is 0 Å². The molecule has 0 spiro atoms. The molecule has 0 bridgehead atoms. The van der Waals surface area contributed by atoms with E-state index in [1.165, 1.54) is 0 Å². The van der Waals surface area contributed by atoms with Crippen molar-refractivity contribution in [1.82, 2.24) is 20.0 Å². The Kier molecular flexibility index (Phi) is 3.46. The lowest BCUT2D eigenvalue weighted by molar-refractivity contribution is 0.0698. The van der Waals surface area contributed by atoms with E-state index in [0.29, 0.717) is 18.9 Å². The summed E-state index contributed by atoms with van der Waals surface area (Å²) in [5.41, 5.74) is 0.915. The van der Waals surface area contributed by atoms with E-state index < -0.39 is 5.97 Å². The predicted molar refractivity (Wildman–Crippen MR) is 77.2 cm³/mol. The van der Waals surface area contributed by atoms with Gasteiger partial charge in [0.05, 0.1) is 18.3 Å². The number of carbonyl (C=O) groups is 1. The molecule has 7 heteroatoms. The van der Waals surface area contributed by atoms with Crippen molar-refractivity contribution >= 4 is 22.7 Å². The fourth-order valence-electron chi connectivity index (χ4n) is 2.05. The molecule has 3 rings (SSSR count). The van der Waals surface area contributed by atoms with Crippen molar-refractivity contribution in [3.05, 3.63) is 48.3 Å². The predicted octanol–water partition coefficient (Wildman–Crippen LogP) is 1.64. The highest BCUT2D eigenvalue weighted by molar-refractivity contribution is 5.98. The van der Waals surface area contributed by atoms with E-state index in [1.54, 1.807) is 23.1 Å². The number of nitrogens with zero attached hydrogens (tertiary/aromatic N) is 4. The molecule has 0 unspecified atom stereocenters. The van der Waals surface area contributed by atoms with Crippen LogP contribution in [0.2, 0.25) is 0 Å². The van der Waals surface area contributed by atoms with Gasteiger partial charge in [0.1, 0.15) is 11.4 Å². The number of hydrogen-bond acceptors (Lipinski definition) is 5. The Morgan fingerprint density at radius 3 is 2.95 bits per heavy atom. The summed E-state index contributed by atoms with van der Waals surface area (Å²) in [6, 6.07) is 9.04. The summed E-state index contributed by atoms with van der Waals surface area (Å²) in [5, 5.41) is 20.7. The molecule has 2 aromatic heterocycles. The Balaban J connectivity index is 1.85. The molecule has 21 heavy (non-hydrogen) atoms. The Morgan fingerprint density at radius 1 is 1.33 bits per heavy atom. The van der Waals surface area contributed by atoms with Crippen LogP contribution in [0.15, 0.2) is 42.7 Å². The van der Waals surface area contributed by atoms with Crippen LogP contribution in [-0.4, -0.2) is 37.6 Å². The number of rotatable bonds is 5. The summed E-state index contributed by atoms with van der Waals surface area (Å²) in [4.78, 5) is 15.7. The van der Waals surface area contributed by atoms with E-state index in [-0.39, 0.29) is 5.56 Å². The molecule has 0 fully saturated rings. The van der Waals surface area contributed by atoms with Crippen LogP contribution in [0.3, 0.4) is 0 Å². The number of fused-ring (bicyclic) bond motifs is 1. The van der Waals surface area contributed by atoms with E-state index in [4.69, 9.17) is 0 Å². The van der Waals surface area contributed by atoms with Crippen molar-refractivity contribution in [2.24, 2.45) is 0 Å². The molecule has 3 aromatic rings. The number of carboxylic acids is 1. The van der Waals surface area contributed by atoms with Gasteiger partial charge in [-0.1, -0.05) is 23.4 Å². The van der Waals surface area contributed by atoms with Gasteiger partial charge in [-0.05, 0) is 12.1 Å². The number of benzene rings is 1. The molecule has 0 radical (unpaired) electrons. The molecule has 0 aliphatic carbocycles. The van der Waals surface area contributed by atoms with Crippen LogP contribution >= 0.6 is 0 Å². The Morgan fingerprint density at radius 2 is 2.19 bits per heavy atom. The third kappa shape index (κ3) is 2.81. The number of aromatic carboxylic acids is 1. The molecular formula is C14H13N5O2. The number of para-hydroxylation sites is 1. The zero-order valence-electron chi connectivity index (χ0n) is 11.1. The minimum Gasteiger partial charge on any atom is -0.478 e. The summed E-state index contributed by atoms with van der Waals surface area (Å²) in [6.45, 7) is 1.09. The summed E-state index contributed by atoms with van der Waals surface area (Å²) in [5.74, 6) is -0.641. The first-order valence-electron chi connectivity index (χ1n) is 6.45. The van der Waals surface area contributed by atoms with Crippen LogP contribution in [0.25, 0.3) is 10.9 Å². The van der Waals surface area contributed by atoms with Crippen molar-refractivity contribution in [3.63, 3.8) is 0 Å². The molecule has 0 saturated heterocycles. The van der Waals surface area contributed by atoms with E-state index in [0.717, 1.165) is 10.9 Å². The first-order chi connectivity index (χ1) is 10.2. The quantitative estimate of drug-likeness (QED) is 0.739. The first kappa shape index (κ1) is 13.0. The summed E-state index contributed by atoms with van der Waals surface area (Å²) in [6.07, 6.45) is 3.34. The second-order valence-electron chi connectivity index (χ2n) is 4.48. The van der Waals surface area contributed by atoms with Gasteiger partial charge in [-0.25, -0.2) is 9.78 Å². The van der Waals surface area contributed by atoms with Gasteiger partial charge in [0, 0.05) is 18.1 Å². The van der Waals surface area contributed by atoms with Crippen molar-refractivity contribution in [3.8, 4) is 0 Å². The minimum atomic E-state index is -1.00. The maximum Gasteiger partial charge on any atom is 0.339 e. The highest BCUT2D eigenvalue weighted by Crippen LogP contribution is 2.20. The molecule has 0 atom stereocenters. The molecule has 1 aromatic carbocycles. The standard InChI is InChI=1S/C14H13N5O2/c20-14(21)11-9-10-3-1-2-4-12(10)17-13(11)15-5-7-19-8-6-16-18-19/h1-4,6,8-9H,5,7H2,(H,15,17)(H,20,21). The van der Waals surface area contributed by atoms with Crippen LogP contribution in [0.5, 0.6) is 0 Å². The third-order valence-corrected chi connectivity index (χ3v) is 3.06. The van der Waals surface area contributed by atoms with Crippen molar-refractivity contribution in [2.45, 2.75) is 6.54 Å². The zero-order chi connectivity index (χ0) is 14.7. The number of nitrogens with one attached hydrogen (secondary N) is 1. The van der Waals surface area contributed by atoms with Crippen LogP contribution in [0, 0.1) is 0 Å². The zero-order valence-corrected chi connectivity index (χ0v) is 11.1. The van der Waals surface area contributed by atoms with E-state index >= 15 is 0 Å². The molecule has 2 N–H and O–H groups in total. The van der Waals surface area contributed by atoms with E-state index in [1.807, 2.05) is 24.3 Å². The lowest BCUT2D eigenvalue weighted by Crippen LogP contribution is -2.14. The second kappa shape index (κ2) is 5.58. The molecule has 0 saturated carbocycles. The Hall–Kier alpha value is -2.96. The van der Waals surface area contributed by atoms with Crippen LogP contribution in [-0.2, 0) is 6.54 Å². The molecular weight excluding hydrogens is 270 g/mol. The number of hydrogen-bond donors (Lipinski definition) is 2. The average molecular weight is 283 g/mol. The summed E-state index contributed by atoms with van der Waals surface area (Å²) >= 11 is 0. The maximum atomic E-state index is 11.3. The lowest BCUT2D eigenvalue weighted by atomic mass is 10.1. The van der Waals surface area contributed by atoms with Crippen molar-refractivity contribution < 1.29 is 9.90 Å². The molecule has 7 nitrogen and oxygen atoms in total. The van der Waals surface area contributed by atoms with Gasteiger partial charge in [0.15, 0.2) is 0 Å². The van der Waals surface area contributed by atoms with Crippen molar-refractivity contribution in [1.29, 1.82) is 0 Å². The van der Waals surface area contributed by atoms with Gasteiger partial charge in [0.2, 0.25) is 0 Å².